The fourth-order valence-electron chi connectivity index (χ4n) is 6.14. The van der Waals surface area contributed by atoms with Crippen molar-refractivity contribution in [3.8, 4) is 17.2 Å². The molecule has 7 N–H and O–H groups in total. The van der Waals surface area contributed by atoms with Crippen LogP contribution in [-0.2, 0) is 26.7 Å². The molecule has 14 heteroatoms. The minimum Gasteiger partial charge on any atom is -0.506 e. The van der Waals surface area contributed by atoms with Gasteiger partial charge < -0.3 is 45.7 Å². The minimum absolute atomic E-state index is 0.0751. The van der Waals surface area contributed by atoms with Crippen molar-refractivity contribution in [3.05, 3.63) is 153 Å². The molecule has 6 rings (SSSR count). The summed E-state index contributed by atoms with van der Waals surface area (Å²) in [6.45, 7) is 0.927. The average Bonchev–Trinajstić information content (AvgIpc) is 3.56. The van der Waals surface area contributed by atoms with Crippen LogP contribution in [0.3, 0.4) is 0 Å². The molecule has 0 aliphatic rings. The van der Waals surface area contributed by atoms with E-state index >= 15 is 0 Å². The van der Waals surface area contributed by atoms with E-state index < -0.39 is 18.2 Å². The maximum absolute atomic E-state index is 13.1. The third-order valence-corrected chi connectivity index (χ3v) is 8.91. The molecule has 0 radical (unpaired) electrons. The van der Waals surface area contributed by atoms with Crippen molar-refractivity contribution in [1.29, 1.82) is 0 Å². The number of nitrogens with zero attached hydrogens (tertiary/aromatic N) is 2. The number of hydrogen-bond acceptors (Lipinski definition) is 9. The topological polar surface area (TPSA) is 200 Å². The Morgan fingerprint density at radius 2 is 1.72 bits per heavy atom. The van der Waals surface area contributed by atoms with Gasteiger partial charge in [0, 0.05) is 43.7 Å². The molecule has 54 heavy (non-hydrogen) atoms. The second-order valence-electron chi connectivity index (χ2n) is 12.6. The Kier molecular flexibility index (Phi) is 11.5. The normalized spacial score (nSPS) is 12.2. The molecule has 0 aliphatic heterocycles. The quantitative estimate of drug-likeness (QED) is 0.0779. The van der Waals surface area contributed by atoms with E-state index in [9.17, 15) is 29.7 Å². The SMILES string of the molecule is COc1cc(CNC(=O)c2cc(COc3cccc([C@@H](NC(=O)O)c4ccccc4)c3)n(C)n2)ccc1CNC[C@H](O)c1ccc(O)c2[nH]c(=O)ccc12. The van der Waals surface area contributed by atoms with Crippen LogP contribution in [0.25, 0.3) is 10.9 Å². The maximum Gasteiger partial charge on any atom is 0.405 e. The van der Waals surface area contributed by atoms with Gasteiger partial charge in [-0.2, -0.15) is 5.10 Å². The summed E-state index contributed by atoms with van der Waals surface area (Å²) < 4.78 is 13.2. The molecule has 0 spiro atoms. The molecule has 0 saturated carbocycles. The van der Waals surface area contributed by atoms with E-state index in [1.165, 1.54) is 12.1 Å². The predicted octanol–water partition coefficient (Wildman–Crippen LogP) is 4.67. The number of nitrogens with one attached hydrogen (secondary N) is 4. The number of phenols is 1. The summed E-state index contributed by atoms with van der Waals surface area (Å²) in [5.41, 5.74) is 4.51. The van der Waals surface area contributed by atoms with Gasteiger partial charge in [-0.05, 0) is 58.7 Å². The molecular weight excluding hydrogens is 692 g/mol. The molecule has 0 unspecified atom stereocenters. The third-order valence-electron chi connectivity index (χ3n) is 8.91. The molecule has 0 fully saturated rings. The fraction of sp³-hybridized carbons (Fsp3) is 0.200. The Labute approximate surface area is 310 Å². The molecule has 2 atom stereocenters. The summed E-state index contributed by atoms with van der Waals surface area (Å²) in [7, 11) is 3.28. The number of aromatic nitrogens is 3. The summed E-state index contributed by atoms with van der Waals surface area (Å²) in [4.78, 5) is 38.9. The highest BCUT2D eigenvalue weighted by atomic mass is 16.5. The lowest BCUT2D eigenvalue weighted by Crippen LogP contribution is -2.27. The molecule has 0 bridgehead atoms. The fourth-order valence-corrected chi connectivity index (χ4v) is 6.14. The molecule has 2 aromatic heterocycles. The number of amides is 2. The molecular formula is C40H40N6O8. The van der Waals surface area contributed by atoms with Crippen molar-refractivity contribution in [3.63, 3.8) is 0 Å². The third kappa shape index (κ3) is 8.86. The molecule has 278 valence electrons. The highest BCUT2D eigenvalue weighted by Crippen LogP contribution is 2.29. The van der Waals surface area contributed by atoms with Crippen molar-refractivity contribution >= 4 is 22.9 Å². The van der Waals surface area contributed by atoms with Crippen LogP contribution in [0.4, 0.5) is 4.79 Å². The Morgan fingerprint density at radius 3 is 2.50 bits per heavy atom. The van der Waals surface area contributed by atoms with Gasteiger partial charge in [-0.15, -0.1) is 0 Å². The van der Waals surface area contributed by atoms with E-state index in [0.29, 0.717) is 40.3 Å². The number of methoxy groups -OCH3 is 1. The first kappa shape index (κ1) is 37.1. The number of carbonyl (C=O) groups excluding carboxylic acids is 1. The monoisotopic (exact) mass is 732 g/mol. The number of carboxylic acid groups (broad SMARTS) is 1. The molecule has 2 heterocycles. The van der Waals surface area contributed by atoms with Crippen LogP contribution in [0.1, 0.15) is 56.1 Å². The van der Waals surface area contributed by atoms with Crippen molar-refractivity contribution in [2.45, 2.75) is 31.8 Å². The first-order valence-corrected chi connectivity index (χ1v) is 17.1. The van der Waals surface area contributed by atoms with Gasteiger partial charge in [-0.3, -0.25) is 14.3 Å². The summed E-state index contributed by atoms with van der Waals surface area (Å²) in [6, 6.07) is 29.1. The van der Waals surface area contributed by atoms with Gasteiger partial charge >= 0.3 is 6.09 Å². The minimum atomic E-state index is -1.14. The number of benzene rings is 4. The Bertz CT molecular complexity index is 2320. The zero-order valence-electron chi connectivity index (χ0n) is 29.6. The van der Waals surface area contributed by atoms with E-state index in [1.54, 1.807) is 55.2 Å². The number of phenolic OH excluding ortho intramolecular Hbond substituents is 1. The van der Waals surface area contributed by atoms with Gasteiger partial charge in [-0.25, -0.2) is 4.79 Å². The van der Waals surface area contributed by atoms with Gasteiger partial charge in [-0.1, -0.05) is 60.7 Å². The van der Waals surface area contributed by atoms with Crippen molar-refractivity contribution in [2.75, 3.05) is 13.7 Å². The van der Waals surface area contributed by atoms with Gasteiger partial charge in [0.2, 0.25) is 5.56 Å². The van der Waals surface area contributed by atoms with Crippen LogP contribution in [0.2, 0.25) is 0 Å². The summed E-state index contributed by atoms with van der Waals surface area (Å²) >= 11 is 0. The number of pyridine rings is 1. The lowest BCUT2D eigenvalue weighted by Gasteiger charge is -2.19. The zero-order valence-corrected chi connectivity index (χ0v) is 29.6. The predicted molar refractivity (Wildman–Crippen MR) is 200 cm³/mol. The van der Waals surface area contributed by atoms with E-state index in [0.717, 1.165) is 16.7 Å². The number of aromatic hydroxyl groups is 1. The Morgan fingerprint density at radius 1 is 0.926 bits per heavy atom. The van der Waals surface area contributed by atoms with E-state index in [4.69, 9.17) is 9.47 Å². The highest BCUT2D eigenvalue weighted by Gasteiger charge is 2.19. The van der Waals surface area contributed by atoms with Crippen LogP contribution in [0, 0.1) is 0 Å². The Hall–Kier alpha value is -6.64. The number of aliphatic hydroxyl groups excluding tert-OH is 1. The number of aryl methyl sites for hydroxylation is 1. The molecule has 2 amide bonds. The van der Waals surface area contributed by atoms with Crippen LogP contribution in [0.5, 0.6) is 17.2 Å². The largest absolute Gasteiger partial charge is 0.506 e. The number of aromatic amines is 1. The van der Waals surface area contributed by atoms with Gasteiger partial charge in [0.1, 0.15) is 23.9 Å². The van der Waals surface area contributed by atoms with Gasteiger partial charge in [0.25, 0.3) is 5.91 Å². The summed E-state index contributed by atoms with van der Waals surface area (Å²) in [5, 5.41) is 44.1. The Balaban J connectivity index is 1.02. The highest BCUT2D eigenvalue weighted by molar-refractivity contribution is 5.92. The molecule has 4 aromatic carbocycles. The van der Waals surface area contributed by atoms with Gasteiger partial charge in [0.05, 0.1) is 30.5 Å². The average molecular weight is 733 g/mol. The van der Waals surface area contributed by atoms with Crippen LogP contribution >= 0.6 is 0 Å². The number of rotatable bonds is 15. The number of hydrogen-bond donors (Lipinski definition) is 7. The van der Waals surface area contributed by atoms with Crippen LogP contribution in [0.15, 0.2) is 108 Å². The molecule has 6 aromatic rings. The summed E-state index contributed by atoms with van der Waals surface area (Å²) in [5.74, 6) is 0.690. The van der Waals surface area contributed by atoms with E-state index in [2.05, 4.69) is 26.0 Å². The standard InChI is InChI=1S/C40H40N6O8/c1-46-28(23-54-29-10-6-9-26(18-29)37(44-40(51)52)25-7-4-3-5-8-25)19-32(45-46)39(50)42-20-24-11-12-27(35(17-24)53-2)21-41-22-34(48)30-13-15-33(47)38-31(30)14-16-36(49)43-38/h3-19,34,37,41,44,47-48H,20-23H2,1-2H3,(H,42,50)(H,43,49)(H,51,52)/t34-,37-/m0/s1. The molecule has 0 aliphatic carbocycles. The number of aliphatic hydroxyl groups is 1. The molecule has 0 saturated heterocycles. The second-order valence-corrected chi connectivity index (χ2v) is 12.6. The van der Waals surface area contributed by atoms with E-state index in [1.807, 2.05) is 54.6 Å². The number of H-pyrrole nitrogens is 1. The van der Waals surface area contributed by atoms with Crippen LogP contribution < -0.4 is 31.0 Å². The first-order chi connectivity index (χ1) is 26.1. The summed E-state index contributed by atoms with van der Waals surface area (Å²) in [6.07, 6.45) is -2.05. The number of fused-ring (bicyclic) bond motifs is 1. The number of ether oxygens (including phenoxy) is 2. The van der Waals surface area contributed by atoms with Crippen molar-refractivity contribution < 1.29 is 34.4 Å². The van der Waals surface area contributed by atoms with Gasteiger partial charge in [0.15, 0.2) is 5.69 Å². The van der Waals surface area contributed by atoms with Crippen LogP contribution in [-0.4, -0.2) is 55.7 Å². The van der Waals surface area contributed by atoms with Crippen molar-refractivity contribution in [1.82, 2.24) is 30.7 Å². The number of carbonyl (C=O) groups is 2. The maximum atomic E-state index is 13.1. The smallest absolute Gasteiger partial charge is 0.405 e. The first-order valence-electron chi connectivity index (χ1n) is 17.1. The lowest BCUT2D eigenvalue weighted by molar-refractivity contribution is 0.0945. The zero-order chi connectivity index (χ0) is 38.2. The van der Waals surface area contributed by atoms with E-state index in [-0.39, 0.29) is 48.1 Å². The second kappa shape index (κ2) is 16.8. The lowest BCUT2D eigenvalue weighted by atomic mass is 9.99. The molecule has 14 nitrogen and oxygen atoms in total. The van der Waals surface area contributed by atoms with Crippen molar-refractivity contribution in [2.24, 2.45) is 7.05 Å².